The fourth-order valence-electron chi connectivity index (χ4n) is 9.09. The Bertz CT molecular complexity index is 3490. The molecular weight excluding hydrogens is 769 g/mol. The zero-order valence-corrected chi connectivity index (χ0v) is 35.4. The molecule has 0 saturated heterocycles. The molecule has 0 unspecified atom stereocenters. The van der Waals surface area contributed by atoms with Gasteiger partial charge in [-0.3, -0.25) is 9.55 Å². The van der Waals surface area contributed by atoms with Crippen LogP contribution in [0.25, 0.3) is 100 Å². The van der Waals surface area contributed by atoms with Crippen molar-refractivity contribution in [2.75, 3.05) is 0 Å². The van der Waals surface area contributed by atoms with Crippen LogP contribution in [-0.4, -0.2) is 24.2 Å². The number of rotatable bonds is 7. The molecule has 5 nitrogen and oxygen atoms in total. The fourth-order valence-corrected chi connectivity index (χ4v) is 9.09. The van der Waals surface area contributed by atoms with Gasteiger partial charge >= 0.3 is 0 Å². The molecule has 0 bridgehead atoms. The Hall–Kier alpha value is -8.02. The summed E-state index contributed by atoms with van der Waals surface area (Å²) in [4.78, 5) is 10.5. The van der Waals surface area contributed by atoms with Gasteiger partial charge in [0, 0.05) is 45.4 Å². The Morgan fingerprint density at radius 2 is 1.10 bits per heavy atom. The van der Waals surface area contributed by atoms with Crippen LogP contribution in [0.3, 0.4) is 0 Å². The lowest BCUT2D eigenvalue weighted by Crippen LogP contribution is -2.11. The summed E-state index contributed by atoms with van der Waals surface area (Å²) >= 11 is 0. The summed E-state index contributed by atoms with van der Waals surface area (Å²) in [5, 5.41) is 14.5. The van der Waals surface area contributed by atoms with Crippen LogP contribution >= 0.6 is 0 Å². The van der Waals surface area contributed by atoms with Gasteiger partial charge in [-0.1, -0.05) is 154 Å². The zero-order chi connectivity index (χ0) is 42.7. The number of imidazole rings is 1. The highest BCUT2D eigenvalue weighted by atomic mass is 16.3. The number of pyridine rings is 1. The van der Waals surface area contributed by atoms with Crippen molar-refractivity contribution in [3.8, 4) is 73.2 Å². The molecule has 302 valence electrons. The highest BCUT2D eigenvalue weighted by molar-refractivity contribution is 6.11. The van der Waals surface area contributed by atoms with E-state index in [1.54, 1.807) is 0 Å². The van der Waals surface area contributed by atoms with Crippen LogP contribution in [0.1, 0.15) is 26.3 Å². The molecule has 0 radical (unpaired) electrons. The number of phenolic OH excluding ortho intramolecular Hbond substituents is 1. The van der Waals surface area contributed by atoms with Crippen LogP contribution in [0.2, 0.25) is 0 Å². The molecule has 5 heteroatoms. The number of nitrogens with zero attached hydrogens (tertiary/aromatic N) is 4. The Morgan fingerprint density at radius 3 is 1.87 bits per heavy atom. The van der Waals surface area contributed by atoms with Gasteiger partial charge in [-0.15, -0.1) is 0 Å². The molecule has 63 heavy (non-hydrogen) atoms. The van der Waals surface area contributed by atoms with Gasteiger partial charge in [0.05, 0.1) is 39.0 Å². The van der Waals surface area contributed by atoms with Gasteiger partial charge in [0.15, 0.2) is 0 Å². The SMILES string of the molecule is CC(C)(C)c1cc(-c2cc(-c3ccccc3)ccn2)cc(-c2cccc3c2nc(-c2cc4c5ccccc5n(-c5ccccc5)c4cc2O)n3-c2ccccc2-c2ccccc2)c1. The lowest BCUT2D eigenvalue weighted by molar-refractivity contribution is 0.477. The lowest BCUT2D eigenvalue weighted by Gasteiger charge is -2.22. The molecule has 3 heterocycles. The van der Waals surface area contributed by atoms with Gasteiger partial charge in [0.25, 0.3) is 0 Å². The van der Waals surface area contributed by atoms with E-state index in [9.17, 15) is 5.11 Å². The quantitative estimate of drug-likeness (QED) is 0.174. The van der Waals surface area contributed by atoms with E-state index in [1.165, 1.54) is 5.56 Å². The van der Waals surface area contributed by atoms with Crippen LogP contribution in [-0.2, 0) is 5.41 Å². The van der Waals surface area contributed by atoms with E-state index in [2.05, 4.69) is 194 Å². The summed E-state index contributed by atoms with van der Waals surface area (Å²) in [5.74, 6) is 0.806. The standard InChI is InChI=1S/C58H44N4O/c1-58(2,3)43-33-41(32-42(34-43)50-35-40(30-31-59-50)38-18-7-4-8-19-38)46-26-17-29-53-56(46)60-57(62(53)51-27-15-13-24-45(51)39-20-9-5-10-21-39)49-36-48-47-25-14-16-28-52(47)61(54(48)37-55(49)63)44-22-11-6-12-23-44/h4-37,63H,1-3H3. The van der Waals surface area contributed by atoms with Crippen LogP contribution in [0.4, 0.5) is 0 Å². The smallest absolute Gasteiger partial charge is 0.149 e. The van der Waals surface area contributed by atoms with Crippen molar-refractivity contribution in [1.29, 1.82) is 0 Å². The van der Waals surface area contributed by atoms with Gasteiger partial charge in [-0.25, -0.2) is 4.98 Å². The van der Waals surface area contributed by atoms with Gasteiger partial charge < -0.3 is 9.67 Å². The second-order valence-corrected chi connectivity index (χ2v) is 17.2. The molecule has 0 aliphatic carbocycles. The normalized spacial score (nSPS) is 11.8. The number of phenols is 1. The maximum atomic E-state index is 12.3. The summed E-state index contributed by atoms with van der Waals surface area (Å²) in [6.45, 7) is 6.77. The van der Waals surface area contributed by atoms with Crippen LogP contribution < -0.4 is 0 Å². The van der Waals surface area contributed by atoms with E-state index in [0.29, 0.717) is 11.4 Å². The monoisotopic (exact) mass is 812 g/mol. The Morgan fingerprint density at radius 1 is 0.444 bits per heavy atom. The first-order chi connectivity index (χ1) is 30.8. The highest BCUT2D eigenvalue weighted by Crippen LogP contribution is 2.44. The third-order valence-corrected chi connectivity index (χ3v) is 12.2. The molecule has 0 aliphatic rings. The molecule has 0 amide bonds. The summed E-state index contributed by atoms with van der Waals surface area (Å²) in [6.07, 6.45) is 1.90. The van der Waals surface area contributed by atoms with E-state index in [0.717, 1.165) is 88.9 Å². The largest absolute Gasteiger partial charge is 0.507 e. The molecule has 0 atom stereocenters. The molecule has 0 spiro atoms. The Labute approximate surface area is 366 Å². The van der Waals surface area contributed by atoms with Crippen molar-refractivity contribution < 1.29 is 5.11 Å². The maximum absolute atomic E-state index is 12.3. The van der Waals surface area contributed by atoms with Crippen LogP contribution in [0.5, 0.6) is 5.75 Å². The van der Waals surface area contributed by atoms with Gasteiger partial charge in [0.1, 0.15) is 11.6 Å². The van der Waals surface area contributed by atoms with Gasteiger partial charge in [-0.05, 0) is 93.9 Å². The van der Waals surface area contributed by atoms with Crippen molar-refractivity contribution in [2.24, 2.45) is 0 Å². The molecule has 0 fully saturated rings. The van der Waals surface area contributed by atoms with Crippen molar-refractivity contribution >= 4 is 32.8 Å². The third kappa shape index (κ3) is 6.66. The average molecular weight is 813 g/mol. The minimum atomic E-state index is -0.144. The van der Waals surface area contributed by atoms with E-state index < -0.39 is 0 Å². The first kappa shape index (κ1) is 37.9. The first-order valence-corrected chi connectivity index (χ1v) is 21.5. The van der Waals surface area contributed by atoms with Crippen LogP contribution in [0.15, 0.2) is 206 Å². The maximum Gasteiger partial charge on any atom is 0.149 e. The molecule has 11 rings (SSSR count). The number of aromatic hydroxyl groups is 1. The summed E-state index contributed by atoms with van der Waals surface area (Å²) in [5.41, 5.74) is 15.9. The van der Waals surface area contributed by atoms with Crippen molar-refractivity contribution in [1.82, 2.24) is 19.1 Å². The van der Waals surface area contributed by atoms with E-state index in [1.807, 2.05) is 42.6 Å². The van der Waals surface area contributed by atoms with Gasteiger partial charge in [-0.2, -0.15) is 0 Å². The number of aromatic nitrogens is 4. The highest BCUT2D eigenvalue weighted by Gasteiger charge is 2.25. The number of benzene rings is 8. The average Bonchev–Trinajstić information content (AvgIpc) is 3.87. The molecular formula is C58H44N4O. The van der Waals surface area contributed by atoms with E-state index in [4.69, 9.17) is 9.97 Å². The van der Waals surface area contributed by atoms with Crippen LogP contribution in [0, 0.1) is 0 Å². The lowest BCUT2D eigenvalue weighted by atomic mass is 9.83. The molecule has 3 aromatic heterocycles. The molecule has 8 aromatic carbocycles. The minimum Gasteiger partial charge on any atom is -0.507 e. The summed E-state index contributed by atoms with van der Waals surface area (Å²) < 4.78 is 4.46. The minimum absolute atomic E-state index is 0.144. The summed E-state index contributed by atoms with van der Waals surface area (Å²) in [6, 6.07) is 69.7. The molecule has 1 N–H and O–H groups in total. The van der Waals surface area contributed by atoms with Crippen molar-refractivity contribution in [3.63, 3.8) is 0 Å². The van der Waals surface area contributed by atoms with Crippen molar-refractivity contribution in [3.05, 3.63) is 212 Å². The number of para-hydroxylation sites is 4. The first-order valence-electron chi connectivity index (χ1n) is 21.5. The molecule has 0 saturated carbocycles. The van der Waals surface area contributed by atoms with Crippen molar-refractivity contribution in [2.45, 2.75) is 26.2 Å². The molecule has 11 aromatic rings. The number of hydrogen-bond donors (Lipinski definition) is 1. The Kier molecular flexibility index (Phi) is 9.13. The fraction of sp³-hybridized carbons (Fsp3) is 0.0690. The topological polar surface area (TPSA) is 55.9 Å². The number of hydrogen-bond acceptors (Lipinski definition) is 3. The third-order valence-electron chi connectivity index (χ3n) is 12.2. The predicted molar refractivity (Wildman–Crippen MR) is 261 cm³/mol. The van der Waals surface area contributed by atoms with E-state index >= 15 is 0 Å². The van der Waals surface area contributed by atoms with Gasteiger partial charge in [0.2, 0.25) is 0 Å². The van der Waals surface area contributed by atoms with E-state index in [-0.39, 0.29) is 11.2 Å². The second-order valence-electron chi connectivity index (χ2n) is 17.2. The number of fused-ring (bicyclic) bond motifs is 4. The predicted octanol–water partition coefficient (Wildman–Crippen LogP) is 14.9. The second kappa shape index (κ2) is 15.2. The molecule has 0 aliphatic heterocycles. The zero-order valence-electron chi connectivity index (χ0n) is 35.4. The summed E-state index contributed by atoms with van der Waals surface area (Å²) in [7, 11) is 0. The Balaban J connectivity index is 1.18.